The van der Waals surface area contributed by atoms with Crippen LogP contribution < -0.4 is 9.80 Å². The highest BCUT2D eigenvalue weighted by Crippen LogP contribution is 2.26. The molecule has 7 heteroatoms. The van der Waals surface area contributed by atoms with Gasteiger partial charge in [0.15, 0.2) is 5.82 Å². The number of piperazine rings is 1. The second-order valence-corrected chi connectivity index (χ2v) is 7.79. The summed E-state index contributed by atoms with van der Waals surface area (Å²) >= 11 is 1.69. The lowest BCUT2D eigenvalue weighted by Crippen LogP contribution is -2.48. The highest BCUT2D eigenvalue weighted by Gasteiger charge is 2.23. The van der Waals surface area contributed by atoms with E-state index in [1.807, 2.05) is 54.2 Å². The summed E-state index contributed by atoms with van der Waals surface area (Å²) in [5.41, 5.74) is 2.88. The Morgan fingerprint density at radius 1 is 1.11 bits per heavy atom. The van der Waals surface area contributed by atoms with Crippen LogP contribution in [0.5, 0.6) is 0 Å². The van der Waals surface area contributed by atoms with Crippen LogP contribution in [0.15, 0.2) is 47.8 Å². The number of nitrogens with one attached hydrogen (secondary N) is 1. The number of aromatic nitrogens is 2. The summed E-state index contributed by atoms with van der Waals surface area (Å²) in [6, 6.07) is 14.0. The molecule has 1 aromatic carbocycles. The molecule has 1 amide bonds. The minimum Gasteiger partial charge on any atom is -0.378 e. The molecule has 1 aliphatic rings. The molecule has 3 aromatic rings. The van der Waals surface area contributed by atoms with E-state index in [1.165, 1.54) is 4.88 Å². The number of hydrogen-bond donors (Lipinski definition) is 1. The van der Waals surface area contributed by atoms with Crippen LogP contribution >= 0.6 is 11.3 Å². The van der Waals surface area contributed by atoms with Gasteiger partial charge in [0.25, 0.3) is 5.91 Å². The molecular weight excluding hydrogens is 358 g/mol. The monoisotopic (exact) mass is 381 g/mol. The SMILES string of the molecule is CN(C)c1ccc(C(=O)N2CCN(c3cc(-c4cccs4)[nH]n3)CC2)cc1. The number of H-pyrrole nitrogens is 1. The standard InChI is InChI=1S/C20H23N5OS/c1-23(2)16-7-5-15(6-8-16)20(26)25-11-9-24(10-12-25)19-14-17(21-22-19)18-4-3-13-27-18/h3-8,13-14H,9-12H2,1-2H3,(H,21,22). The maximum atomic E-state index is 12.8. The summed E-state index contributed by atoms with van der Waals surface area (Å²) < 4.78 is 0. The minimum atomic E-state index is 0.0984. The summed E-state index contributed by atoms with van der Waals surface area (Å²) in [5, 5.41) is 9.62. The van der Waals surface area contributed by atoms with E-state index in [2.05, 4.69) is 32.6 Å². The maximum Gasteiger partial charge on any atom is 0.253 e. The van der Waals surface area contributed by atoms with Crippen molar-refractivity contribution in [1.82, 2.24) is 15.1 Å². The van der Waals surface area contributed by atoms with Gasteiger partial charge < -0.3 is 14.7 Å². The predicted octanol–water partition coefficient (Wildman–Crippen LogP) is 3.17. The molecule has 2 aromatic heterocycles. The third kappa shape index (κ3) is 3.68. The van der Waals surface area contributed by atoms with Crippen LogP contribution in [0.2, 0.25) is 0 Å². The Bertz CT molecular complexity index is 893. The molecule has 0 atom stereocenters. The van der Waals surface area contributed by atoms with E-state index in [1.54, 1.807) is 11.3 Å². The van der Waals surface area contributed by atoms with E-state index in [0.29, 0.717) is 13.1 Å². The van der Waals surface area contributed by atoms with Crippen molar-refractivity contribution in [1.29, 1.82) is 0 Å². The first kappa shape index (κ1) is 17.6. The average Bonchev–Trinajstić information content (AvgIpc) is 3.39. The van der Waals surface area contributed by atoms with Crippen LogP contribution in [0, 0.1) is 0 Å². The van der Waals surface area contributed by atoms with Gasteiger partial charge in [0, 0.05) is 57.6 Å². The molecule has 1 N–H and O–H groups in total. The quantitative estimate of drug-likeness (QED) is 0.754. The van der Waals surface area contributed by atoms with E-state index in [-0.39, 0.29) is 5.91 Å². The van der Waals surface area contributed by atoms with Gasteiger partial charge in [0.1, 0.15) is 0 Å². The van der Waals surface area contributed by atoms with E-state index in [0.717, 1.165) is 35.9 Å². The number of rotatable bonds is 4. The second-order valence-electron chi connectivity index (χ2n) is 6.84. The molecule has 1 fully saturated rings. The van der Waals surface area contributed by atoms with Crippen LogP contribution in [-0.2, 0) is 0 Å². The molecule has 3 heterocycles. The second kappa shape index (κ2) is 7.44. The van der Waals surface area contributed by atoms with Gasteiger partial charge in [0.2, 0.25) is 0 Å². The number of carbonyl (C=O) groups excluding carboxylic acids is 1. The van der Waals surface area contributed by atoms with E-state index < -0.39 is 0 Å². The van der Waals surface area contributed by atoms with Gasteiger partial charge in [-0.1, -0.05) is 6.07 Å². The van der Waals surface area contributed by atoms with Gasteiger partial charge in [0.05, 0.1) is 10.6 Å². The third-order valence-corrected chi connectivity index (χ3v) is 5.78. The zero-order valence-electron chi connectivity index (χ0n) is 15.6. The number of hydrogen-bond acceptors (Lipinski definition) is 5. The molecule has 0 radical (unpaired) electrons. The van der Waals surface area contributed by atoms with Gasteiger partial charge in [-0.25, -0.2) is 0 Å². The van der Waals surface area contributed by atoms with Crippen molar-refractivity contribution < 1.29 is 4.79 Å². The summed E-state index contributed by atoms with van der Waals surface area (Å²) in [7, 11) is 3.99. The van der Waals surface area contributed by atoms with Crippen molar-refractivity contribution in [2.45, 2.75) is 0 Å². The molecule has 0 bridgehead atoms. The van der Waals surface area contributed by atoms with Crippen LogP contribution in [-0.4, -0.2) is 61.3 Å². The molecule has 0 spiro atoms. The zero-order valence-corrected chi connectivity index (χ0v) is 16.4. The predicted molar refractivity (Wildman–Crippen MR) is 111 cm³/mol. The summed E-state index contributed by atoms with van der Waals surface area (Å²) in [5.74, 6) is 1.04. The first-order valence-electron chi connectivity index (χ1n) is 9.03. The Morgan fingerprint density at radius 2 is 1.85 bits per heavy atom. The normalized spacial score (nSPS) is 14.4. The van der Waals surface area contributed by atoms with Crippen molar-refractivity contribution in [3.8, 4) is 10.6 Å². The highest BCUT2D eigenvalue weighted by molar-refractivity contribution is 7.13. The number of benzene rings is 1. The fourth-order valence-electron chi connectivity index (χ4n) is 3.25. The lowest BCUT2D eigenvalue weighted by Gasteiger charge is -2.34. The van der Waals surface area contributed by atoms with Crippen LogP contribution in [0.3, 0.4) is 0 Å². The van der Waals surface area contributed by atoms with Crippen molar-refractivity contribution in [2.75, 3.05) is 50.1 Å². The average molecular weight is 382 g/mol. The Labute approximate surface area is 163 Å². The van der Waals surface area contributed by atoms with Gasteiger partial charge in [-0.05, 0) is 35.7 Å². The Balaban J connectivity index is 1.38. The highest BCUT2D eigenvalue weighted by atomic mass is 32.1. The van der Waals surface area contributed by atoms with Gasteiger partial charge >= 0.3 is 0 Å². The minimum absolute atomic E-state index is 0.0984. The molecule has 0 aliphatic carbocycles. The molecule has 0 saturated carbocycles. The zero-order chi connectivity index (χ0) is 18.8. The van der Waals surface area contributed by atoms with Crippen molar-refractivity contribution >= 4 is 28.7 Å². The molecule has 4 rings (SSSR count). The van der Waals surface area contributed by atoms with Crippen molar-refractivity contribution in [3.05, 3.63) is 53.4 Å². The lowest BCUT2D eigenvalue weighted by molar-refractivity contribution is 0.0746. The number of thiophene rings is 1. The topological polar surface area (TPSA) is 55.5 Å². The van der Waals surface area contributed by atoms with Crippen LogP contribution in [0.4, 0.5) is 11.5 Å². The van der Waals surface area contributed by atoms with E-state index >= 15 is 0 Å². The van der Waals surface area contributed by atoms with Crippen LogP contribution in [0.1, 0.15) is 10.4 Å². The van der Waals surface area contributed by atoms with E-state index in [9.17, 15) is 4.79 Å². The number of amides is 1. The molecule has 27 heavy (non-hydrogen) atoms. The largest absolute Gasteiger partial charge is 0.378 e. The van der Waals surface area contributed by atoms with Crippen molar-refractivity contribution in [3.63, 3.8) is 0 Å². The summed E-state index contributed by atoms with van der Waals surface area (Å²) in [6.07, 6.45) is 0. The van der Waals surface area contributed by atoms with Crippen molar-refractivity contribution in [2.24, 2.45) is 0 Å². The summed E-state index contributed by atoms with van der Waals surface area (Å²) in [6.45, 7) is 2.98. The van der Waals surface area contributed by atoms with Gasteiger partial charge in [-0.15, -0.1) is 11.3 Å². The molecule has 6 nitrogen and oxygen atoms in total. The molecule has 140 valence electrons. The van der Waals surface area contributed by atoms with E-state index in [4.69, 9.17) is 0 Å². The molecule has 1 saturated heterocycles. The Hall–Kier alpha value is -2.80. The Morgan fingerprint density at radius 3 is 2.48 bits per heavy atom. The molecule has 0 unspecified atom stereocenters. The number of nitrogens with zero attached hydrogens (tertiary/aromatic N) is 4. The molecular formula is C20H23N5OS. The van der Waals surface area contributed by atoms with Gasteiger partial charge in [-0.3, -0.25) is 9.89 Å². The molecule has 1 aliphatic heterocycles. The summed E-state index contributed by atoms with van der Waals surface area (Å²) in [4.78, 5) is 20.1. The number of aromatic amines is 1. The third-order valence-electron chi connectivity index (χ3n) is 4.87. The fourth-order valence-corrected chi connectivity index (χ4v) is 3.95. The smallest absolute Gasteiger partial charge is 0.253 e. The van der Waals surface area contributed by atoms with Crippen LogP contribution in [0.25, 0.3) is 10.6 Å². The fraction of sp³-hybridized carbons (Fsp3) is 0.300. The number of carbonyl (C=O) groups is 1. The Kier molecular flexibility index (Phi) is 4.85. The first-order chi connectivity index (χ1) is 13.1. The van der Waals surface area contributed by atoms with Gasteiger partial charge in [-0.2, -0.15) is 5.10 Å². The first-order valence-corrected chi connectivity index (χ1v) is 9.91. The lowest BCUT2D eigenvalue weighted by atomic mass is 10.1. The number of anilines is 2. The maximum absolute atomic E-state index is 12.8.